The van der Waals surface area contributed by atoms with E-state index in [9.17, 15) is 19.5 Å². The standard InChI is InChI=1S/C14H14ClNO7/c1-5-2-6-8(15)3-7(11(18)10(6)14(22)23-5)12(19)16-9(4-17)13(20)21/h3,5,9,17-18H,2,4H2,1H3,(H,16,19)(H,20,21)/t5-,9?/m1/s1. The molecule has 0 radical (unpaired) electrons. The van der Waals surface area contributed by atoms with E-state index in [2.05, 4.69) is 0 Å². The Kier molecular flexibility index (Phi) is 4.76. The number of carboxylic acid groups (broad SMARTS) is 1. The second-order valence-corrected chi connectivity index (χ2v) is 5.48. The van der Waals surface area contributed by atoms with Gasteiger partial charge in [-0.2, -0.15) is 0 Å². The first-order valence-corrected chi connectivity index (χ1v) is 7.03. The SMILES string of the molecule is C[C@@H]1Cc2c(Cl)cc(C(=O)NC(CO)C(=O)O)c(O)c2C(=O)O1. The van der Waals surface area contributed by atoms with Gasteiger partial charge in [0.1, 0.15) is 17.4 Å². The molecule has 0 saturated carbocycles. The zero-order chi connectivity index (χ0) is 17.3. The number of carbonyl (C=O) groups is 3. The van der Waals surface area contributed by atoms with E-state index in [1.807, 2.05) is 5.32 Å². The van der Waals surface area contributed by atoms with Crippen LogP contribution in [-0.4, -0.2) is 51.9 Å². The number of benzene rings is 1. The van der Waals surface area contributed by atoms with Crippen molar-refractivity contribution in [3.63, 3.8) is 0 Å². The fraction of sp³-hybridized carbons (Fsp3) is 0.357. The number of carbonyl (C=O) groups excluding carboxylic acids is 2. The van der Waals surface area contributed by atoms with E-state index >= 15 is 0 Å². The highest BCUT2D eigenvalue weighted by molar-refractivity contribution is 6.32. The van der Waals surface area contributed by atoms with Crippen molar-refractivity contribution in [3.05, 3.63) is 27.8 Å². The molecule has 1 aromatic carbocycles. The predicted octanol–water partition coefficient (Wildman–Crippen LogP) is 0.322. The minimum absolute atomic E-state index is 0.0855. The number of fused-ring (bicyclic) bond motifs is 1. The lowest BCUT2D eigenvalue weighted by molar-refractivity contribution is -0.140. The fourth-order valence-electron chi connectivity index (χ4n) is 2.26. The number of rotatable bonds is 4. The van der Waals surface area contributed by atoms with Crippen LogP contribution < -0.4 is 5.32 Å². The van der Waals surface area contributed by atoms with Crippen LogP contribution in [0.15, 0.2) is 6.07 Å². The van der Waals surface area contributed by atoms with Gasteiger partial charge in [0.05, 0.1) is 12.2 Å². The number of carboxylic acids is 1. The number of halogens is 1. The summed E-state index contributed by atoms with van der Waals surface area (Å²) in [6.07, 6.45) is -0.138. The zero-order valence-electron chi connectivity index (χ0n) is 12.0. The van der Waals surface area contributed by atoms with Crippen molar-refractivity contribution < 1.29 is 34.4 Å². The number of nitrogens with one attached hydrogen (secondary N) is 1. The van der Waals surface area contributed by atoms with E-state index < -0.39 is 42.3 Å². The molecule has 9 heteroatoms. The molecule has 0 bridgehead atoms. The number of hydrogen-bond acceptors (Lipinski definition) is 6. The van der Waals surface area contributed by atoms with Gasteiger partial charge in [0.15, 0.2) is 6.04 Å². The van der Waals surface area contributed by atoms with Gasteiger partial charge in [0, 0.05) is 11.4 Å². The van der Waals surface area contributed by atoms with Gasteiger partial charge >= 0.3 is 11.9 Å². The Morgan fingerprint density at radius 1 is 1.52 bits per heavy atom. The summed E-state index contributed by atoms with van der Waals surface area (Å²) in [5.41, 5.74) is -0.224. The van der Waals surface area contributed by atoms with Crippen molar-refractivity contribution in [2.45, 2.75) is 25.5 Å². The van der Waals surface area contributed by atoms with E-state index in [0.717, 1.165) is 6.07 Å². The second kappa shape index (κ2) is 6.43. The Hall–Kier alpha value is -2.32. The van der Waals surface area contributed by atoms with Gasteiger partial charge in [-0.25, -0.2) is 9.59 Å². The molecule has 124 valence electrons. The third-order valence-corrected chi connectivity index (χ3v) is 3.72. The highest BCUT2D eigenvalue weighted by atomic mass is 35.5. The molecule has 2 rings (SSSR count). The quantitative estimate of drug-likeness (QED) is 0.578. The maximum atomic E-state index is 12.1. The molecule has 4 N–H and O–H groups in total. The number of phenols is 1. The molecule has 0 fully saturated rings. The largest absolute Gasteiger partial charge is 0.506 e. The van der Waals surface area contributed by atoms with Crippen LogP contribution in [-0.2, 0) is 16.0 Å². The van der Waals surface area contributed by atoms with E-state index in [4.69, 9.17) is 26.6 Å². The molecule has 0 saturated heterocycles. The van der Waals surface area contributed by atoms with Gasteiger partial charge in [-0.15, -0.1) is 0 Å². The van der Waals surface area contributed by atoms with Crippen LogP contribution in [0.1, 0.15) is 33.2 Å². The maximum absolute atomic E-state index is 12.1. The van der Waals surface area contributed by atoms with E-state index in [0.29, 0.717) is 5.56 Å². The average Bonchev–Trinajstić information content (AvgIpc) is 2.47. The van der Waals surface area contributed by atoms with E-state index in [-0.39, 0.29) is 22.6 Å². The van der Waals surface area contributed by atoms with E-state index in [1.54, 1.807) is 6.92 Å². The predicted molar refractivity (Wildman–Crippen MR) is 77.7 cm³/mol. The summed E-state index contributed by atoms with van der Waals surface area (Å²) in [5, 5.41) is 30.0. The average molecular weight is 344 g/mol. The number of phenolic OH excluding ortho intramolecular Hbond substituents is 1. The lowest BCUT2D eigenvalue weighted by Crippen LogP contribution is -2.43. The first-order chi connectivity index (χ1) is 10.8. The summed E-state index contributed by atoms with van der Waals surface area (Å²) in [6, 6.07) is -0.407. The summed E-state index contributed by atoms with van der Waals surface area (Å²) < 4.78 is 5.00. The summed E-state index contributed by atoms with van der Waals surface area (Å²) in [4.78, 5) is 34.8. The fourth-order valence-corrected chi connectivity index (χ4v) is 2.54. The number of esters is 1. The van der Waals surface area contributed by atoms with Gasteiger partial charge in [-0.1, -0.05) is 11.6 Å². The Morgan fingerprint density at radius 2 is 2.17 bits per heavy atom. The van der Waals surface area contributed by atoms with Gasteiger partial charge in [0.2, 0.25) is 0 Å². The number of aliphatic hydroxyl groups excluding tert-OH is 1. The van der Waals surface area contributed by atoms with Crippen LogP contribution in [0.4, 0.5) is 0 Å². The van der Waals surface area contributed by atoms with Crippen LogP contribution >= 0.6 is 11.6 Å². The van der Waals surface area contributed by atoms with Crippen molar-refractivity contribution in [1.29, 1.82) is 0 Å². The Labute approximate surface area is 135 Å². The van der Waals surface area contributed by atoms with Gasteiger partial charge in [0.25, 0.3) is 5.91 Å². The summed E-state index contributed by atoms with van der Waals surface area (Å²) in [6.45, 7) is 0.827. The molecule has 1 unspecified atom stereocenters. The topological polar surface area (TPSA) is 133 Å². The number of cyclic esters (lactones) is 1. The Morgan fingerprint density at radius 3 is 2.74 bits per heavy atom. The highest BCUT2D eigenvalue weighted by Crippen LogP contribution is 2.36. The van der Waals surface area contributed by atoms with Gasteiger partial charge in [-0.3, -0.25) is 4.79 Å². The number of ether oxygens (including phenoxy) is 1. The van der Waals surface area contributed by atoms with Crippen LogP contribution in [0, 0.1) is 0 Å². The zero-order valence-corrected chi connectivity index (χ0v) is 12.8. The summed E-state index contributed by atoms with van der Waals surface area (Å²) >= 11 is 6.06. The molecule has 1 aliphatic rings. The number of aliphatic carboxylic acids is 1. The van der Waals surface area contributed by atoms with Crippen LogP contribution in [0.2, 0.25) is 5.02 Å². The maximum Gasteiger partial charge on any atom is 0.342 e. The van der Waals surface area contributed by atoms with E-state index in [1.165, 1.54) is 0 Å². The van der Waals surface area contributed by atoms with Crippen molar-refractivity contribution in [2.24, 2.45) is 0 Å². The Balaban J connectivity index is 2.44. The molecular weight excluding hydrogens is 330 g/mol. The molecule has 2 atom stereocenters. The first-order valence-electron chi connectivity index (χ1n) is 6.66. The van der Waals surface area contributed by atoms with Gasteiger partial charge < -0.3 is 25.4 Å². The van der Waals surface area contributed by atoms with Crippen LogP contribution in [0.5, 0.6) is 5.75 Å². The number of hydrogen-bond donors (Lipinski definition) is 4. The van der Waals surface area contributed by atoms with Crippen molar-refractivity contribution in [3.8, 4) is 5.75 Å². The summed E-state index contributed by atoms with van der Waals surface area (Å²) in [5.74, 6) is -3.89. The smallest absolute Gasteiger partial charge is 0.342 e. The summed E-state index contributed by atoms with van der Waals surface area (Å²) in [7, 11) is 0. The van der Waals surface area contributed by atoms with Crippen molar-refractivity contribution >= 4 is 29.4 Å². The lowest BCUT2D eigenvalue weighted by atomic mass is 9.95. The molecule has 0 aliphatic carbocycles. The number of aliphatic hydroxyl groups is 1. The third kappa shape index (κ3) is 3.22. The lowest BCUT2D eigenvalue weighted by Gasteiger charge is -2.24. The van der Waals surface area contributed by atoms with Crippen LogP contribution in [0.25, 0.3) is 0 Å². The molecule has 1 aliphatic heterocycles. The first kappa shape index (κ1) is 17.0. The highest BCUT2D eigenvalue weighted by Gasteiger charge is 2.32. The van der Waals surface area contributed by atoms with Crippen LogP contribution in [0.3, 0.4) is 0 Å². The normalized spacial score (nSPS) is 17.9. The second-order valence-electron chi connectivity index (χ2n) is 5.08. The molecular formula is C14H14ClNO7. The third-order valence-electron chi connectivity index (χ3n) is 3.39. The molecule has 8 nitrogen and oxygen atoms in total. The van der Waals surface area contributed by atoms with Gasteiger partial charge in [-0.05, 0) is 18.6 Å². The molecule has 23 heavy (non-hydrogen) atoms. The molecule has 1 heterocycles. The molecule has 1 aromatic rings. The van der Waals surface area contributed by atoms with Crippen molar-refractivity contribution in [2.75, 3.05) is 6.61 Å². The minimum Gasteiger partial charge on any atom is -0.506 e. The monoisotopic (exact) mass is 343 g/mol. The Bertz CT molecular complexity index is 688. The molecule has 0 spiro atoms. The molecule has 0 aromatic heterocycles. The number of aromatic hydroxyl groups is 1. The van der Waals surface area contributed by atoms with Crippen molar-refractivity contribution in [1.82, 2.24) is 5.32 Å². The molecule has 1 amide bonds. The minimum atomic E-state index is -1.55. The number of amides is 1.